The zero-order valence-electron chi connectivity index (χ0n) is 8.19. The van der Waals surface area contributed by atoms with E-state index in [-0.39, 0.29) is 0 Å². The van der Waals surface area contributed by atoms with Crippen molar-refractivity contribution in [2.24, 2.45) is 0 Å². The number of hydrogen-bond acceptors (Lipinski definition) is 3. The molecule has 3 aromatic rings. The molecule has 0 bridgehead atoms. The van der Waals surface area contributed by atoms with Crippen molar-refractivity contribution in [2.45, 2.75) is 6.92 Å². The number of furan rings is 1. The molecule has 0 amide bonds. The molecule has 3 aromatic heterocycles. The predicted octanol–water partition coefficient (Wildman–Crippen LogP) is 2.53. The third-order valence-electron chi connectivity index (χ3n) is 2.44. The average Bonchev–Trinajstić information content (AvgIpc) is 2.88. The molecule has 0 radical (unpaired) electrons. The van der Waals surface area contributed by atoms with Gasteiger partial charge in [-0.25, -0.2) is 0 Å². The van der Waals surface area contributed by atoms with Gasteiger partial charge in [-0.05, 0) is 19.1 Å². The van der Waals surface area contributed by atoms with E-state index >= 15 is 0 Å². The molecule has 0 atom stereocenters. The molecule has 0 fully saturated rings. The summed E-state index contributed by atoms with van der Waals surface area (Å²) >= 11 is 0. The standard InChI is InChI=1S/C11H9N3O/c1-7-10-9(14-13-7)2-4-12-11(10)8-3-5-15-6-8/h2-6H,1H3,(H,13,14). The second-order valence-electron chi connectivity index (χ2n) is 3.41. The predicted molar refractivity (Wildman–Crippen MR) is 56.3 cm³/mol. The molecule has 15 heavy (non-hydrogen) atoms. The van der Waals surface area contributed by atoms with E-state index in [0.29, 0.717) is 0 Å². The number of aryl methyl sites for hydroxylation is 1. The van der Waals surface area contributed by atoms with Crippen LogP contribution in [0.5, 0.6) is 0 Å². The van der Waals surface area contributed by atoms with Crippen molar-refractivity contribution in [3.63, 3.8) is 0 Å². The van der Waals surface area contributed by atoms with Gasteiger partial charge in [-0.1, -0.05) is 0 Å². The van der Waals surface area contributed by atoms with Crippen LogP contribution in [0.15, 0.2) is 35.3 Å². The van der Waals surface area contributed by atoms with Gasteiger partial charge in [0.05, 0.1) is 23.7 Å². The molecule has 74 valence electrons. The molecule has 0 saturated carbocycles. The minimum atomic E-state index is 0.910. The largest absolute Gasteiger partial charge is 0.472 e. The van der Waals surface area contributed by atoms with Gasteiger partial charge in [0, 0.05) is 22.8 Å². The van der Waals surface area contributed by atoms with Crippen LogP contribution in [0, 0.1) is 6.92 Å². The first-order chi connectivity index (χ1) is 7.36. The first-order valence-corrected chi connectivity index (χ1v) is 4.68. The lowest BCUT2D eigenvalue weighted by Crippen LogP contribution is -1.83. The fourth-order valence-electron chi connectivity index (χ4n) is 1.73. The van der Waals surface area contributed by atoms with Crippen molar-refractivity contribution in [1.82, 2.24) is 15.2 Å². The Balaban J connectivity index is 2.39. The van der Waals surface area contributed by atoms with Gasteiger partial charge in [-0.3, -0.25) is 10.1 Å². The van der Waals surface area contributed by atoms with Gasteiger partial charge in [0.15, 0.2) is 0 Å². The van der Waals surface area contributed by atoms with Crippen molar-refractivity contribution in [3.05, 3.63) is 36.5 Å². The normalized spacial score (nSPS) is 11.0. The van der Waals surface area contributed by atoms with Crippen molar-refractivity contribution in [3.8, 4) is 11.3 Å². The van der Waals surface area contributed by atoms with Crippen LogP contribution >= 0.6 is 0 Å². The van der Waals surface area contributed by atoms with Crippen LogP contribution in [-0.2, 0) is 0 Å². The molecular formula is C11H9N3O. The van der Waals surface area contributed by atoms with Gasteiger partial charge in [0.25, 0.3) is 0 Å². The van der Waals surface area contributed by atoms with Crippen LogP contribution in [-0.4, -0.2) is 15.2 Å². The molecule has 4 nitrogen and oxygen atoms in total. The van der Waals surface area contributed by atoms with Crippen LogP contribution in [0.3, 0.4) is 0 Å². The van der Waals surface area contributed by atoms with Crippen LogP contribution < -0.4 is 0 Å². The Morgan fingerprint density at radius 2 is 2.27 bits per heavy atom. The van der Waals surface area contributed by atoms with Crippen LogP contribution in [0.25, 0.3) is 22.2 Å². The maximum atomic E-state index is 5.06. The summed E-state index contributed by atoms with van der Waals surface area (Å²) in [5.41, 5.74) is 3.84. The number of fused-ring (bicyclic) bond motifs is 1. The molecule has 4 heteroatoms. The maximum Gasteiger partial charge on any atom is 0.0996 e. The minimum Gasteiger partial charge on any atom is -0.472 e. The van der Waals surface area contributed by atoms with Crippen molar-refractivity contribution >= 4 is 10.9 Å². The number of hydrogen-bond donors (Lipinski definition) is 1. The minimum absolute atomic E-state index is 0.910. The van der Waals surface area contributed by atoms with Gasteiger partial charge >= 0.3 is 0 Å². The summed E-state index contributed by atoms with van der Waals surface area (Å²) < 4.78 is 5.06. The molecule has 0 aliphatic carbocycles. The smallest absolute Gasteiger partial charge is 0.0996 e. The van der Waals surface area contributed by atoms with Crippen LogP contribution in [0.2, 0.25) is 0 Å². The molecule has 3 heterocycles. The Labute approximate surface area is 85.9 Å². The first-order valence-electron chi connectivity index (χ1n) is 4.68. The highest BCUT2D eigenvalue weighted by atomic mass is 16.3. The van der Waals surface area contributed by atoms with E-state index in [1.807, 2.05) is 19.1 Å². The number of pyridine rings is 1. The third-order valence-corrected chi connectivity index (χ3v) is 2.44. The fraction of sp³-hybridized carbons (Fsp3) is 0.0909. The lowest BCUT2D eigenvalue weighted by atomic mass is 10.1. The summed E-state index contributed by atoms with van der Waals surface area (Å²) in [7, 11) is 0. The molecule has 0 spiro atoms. The Kier molecular flexibility index (Phi) is 1.62. The van der Waals surface area contributed by atoms with Gasteiger partial charge in [0.2, 0.25) is 0 Å². The third kappa shape index (κ3) is 1.15. The lowest BCUT2D eigenvalue weighted by Gasteiger charge is -1.98. The molecular weight excluding hydrogens is 190 g/mol. The fourth-order valence-corrected chi connectivity index (χ4v) is 1.73. The summed E-state index contributed by atoms with van der Waals surface area (Å²) in [5, 5.41) is 8.21. The number of H-pyrrole nitrogens is 1. The topological polar surface area (TPSA) is 54.7 Å². The van der Waals surface area contributed by atoms with Crippen LogP contribution in [0.1, 0.15) is 5.69 Å². The summed E-state index contributed by atoms with van der Waals surface area (Å²) in [5.74, 6) is 0. The highest BCUT2D eigenvalue weighted by Gasteiger charge is 2.10. The van der Waals surface area contributed by atoms with Crippen molar-refractivity contribution < 1.29 is 4.42 Å². The maximum absolute atomic E-state index is 5.06. The van der Waals surface area contributed by atoms with E-state index in [4.69, 9.17) is 4.42 Å². The van der Waals surface area contributed by atoms with E-state index in [1.54, 1.807) is 18.7 Å². The number of rotatable bonds is 1. The Bertz CT molecular complexity index is 595. The van der Waals surface area contributed by atoms with Gasteiger partial charge in [-0.2, -0.15) is 5.10 Å². The highest BCUT2D eigenvalue weighted by molar-refractivity contribution is 5.93. The molecule has 0 saturated heterocycles. The molecule has 3 rings (SSSR count). The van der Waals surface area contributed by atoms with E-state index in [9.17, 15) is 0 Å². The molecule has 0 aromatic carbocycles. The van der Waals surface area contributed by atoms with E-state index in [1.165, 1.54) is 0 Å². The Hall–Kier alpha value is -2.10. The number of nitrogens with one attached hydrogen (secondary N) is 1. The summed E-state index contributed by atoms with van der Waals surface area (Å²) in [6, 6.07) is 3.79. The summed E-state index contributed by atoms with van der Waals surface area (Å²) in [6.45, 7) is 1.99. The summed E-state index contributed by atoms with van der Waals surface area (Å²) in [6.07, 6.45) is 5.09. The highest BCUT2D eigenvalue weighted by Crippen LogP contribution is 2.27. The molecule has 0 aliphatic heterocycles. The van der Waals surface area contributed by atoms with Crippen LogP contribution in [0.4, 0.5) is 0 Å². The van der Waals surface area contributed by atoms with E-state index in [2.05, 4.69) is 15.2 Å². The molecule has 0 aliphatic rings. The summed E-state index contributed by atoms with van der Waals surface area (Å²) in [4.78, 5) is 4.36. The van der Waals surface area contributed by atoms with Gasteiger partial charge < -0.3 is 4.42 Å². The van der Waals surface area contributed by atoms with Crippen molar-refractivity contribution in [1.29, 1.82) is 0 Å². The lowest BCUT2D eigenvalue weighted by molar-refractivity contribution is 0.568. The number of nitrogens with zero attached hydrogens (tertiary/aromatic N) is 2. The van der Waals surface area contributed by atoms with Gasteiger partial charge in [0.1, 0.15) is 0 Å². The van der Waals surface area contributed by atoms with Gasteiger partial charge in [-0.15, -0.1) is 0 Å². The number of aromatic amines is 1. The molecule has 1 N–H and O–H groups in total. The second kappa shape index (κ2) is 2.95. The first kappa shape index (κ1) is 8.23. The monoisotopic (exact) mass is 199 g/mol. The van der Waals surface area contributed by atoms with Crippen molar-refractivity contribution in [2.75, 3.05) is 0 Å². The average molecular weight is 199 g/mol. The Morgan fingerprint density at radius 1 is 1.33 bits per heavy atom. The molecule has 0 unspecified atom stereocenters. The second-order valence-corrected chi connectivity index (χ2v) is 3.41. The van der Waals surface area contributed by atoms with E-state index in [0.717, 1.165) is 27.9 Å². The Morgan fingerprint density at radius 3 is 3.07 bits per heavy atom. The van der Waals surface area contributed by atoms with E-state index < -0.39 is 0 Å². The quantitative estimate of drug-likeness (QED) is 0.655. The zero-order chi connectivity index (χ0) is 10.3. The SMILES string of the molecule is Cc1[nH]nc2ccnc(-c3ccoc3)c12. The number of aromatic nitrogens is 3. The zero-order valence-corrected chi connectivity index (χ0v) is 8.19.